The molecule has 0 aliphatic heterocycles. The van der Waals surface area contributed by atoms with Gasteiger partial charge in [-0.1, -0.05) is 12.1 Å². The highest BCUT2D eigenvalue weighted by Crippen LogP contribution is 2.24. The molecule has 0 bridgehead atoms. The van der Waals surface area contributed by atoms with Crippen molar-refractivity contribution in [3.8, 4) is 5.75 Å². The van der Waals surface area contributed by atoms with Gasteiger partial charge in [0, 0.05) is 13.1 Å². The average Bonchev–Trinajstić information content (AvgIpc) is 2.29. The standard InChI is InChI=1S/C13H20N2O2/c1-9(2)15(4)12(16)8-17-11-7-5-6-10(3)13(11)14/h5-7,9H,8,14H2,1-4H3. The van der Waals surface area contributed by atoms with Crippen molar-refractivity contribution >= 4 is 11.6 Å². The Balaban J connectivity index is 2.62. The summed E-state index contributed by atoms with van der Waals surface area (Å²) in [6.07, 6.45) is 0. The quantitative estimate of drug-likeness (QED) is 0.811. The number of carbonyl (C=O) groups is 1. The van der Waals surface area contributed by atoms with Gasteiger partial charge >= 0.3 is 0 Å². The fourth-order valence-corrected chi connectivity index (χ4v) is 1.31. The number of nitrogen functional groups attached to an aromatic ring is 1. The minimum atomic E-state index is -0.0547. The van der Waals surface area contributed by atoms with E-state index in [2.05, 4.69) is 0 Å². The molecule has 2 N–H and O–H groups in total. The molecule has 0 heterocycles. The van der Waals surface area contributed by atoms with Crippen LogP contribution in [0, 0.1) is 6.92 Å². The minimum Gasteiger partial charge on any atom is -0.482 e. The van der Waals surface area contributed by atoms with E-state index in [9.17, 15) is 4.79 Å². The number of anilines is 1. The number of carbonyl (C=O) groups excluding carboxylic acids is 1. The fraction of sp³-hybridized carbons (Fsp3) is 0.462. The Morgan fingerprint density at radius 3 is 2.71 bits per heavy atom. The molecule has 1 aromatic carbocycles. The molecule has 4 nitrogen and oxygen atoms in total. The number of nitrogens with zero attached hydrogens (tertiary/aromatic N) is 1. The van der Waals surface area contributed by atoms with E-state index in [4.69, 9.17) is 10.5 Å². The zero-order chi connectivity index (χ0) is 13.0. The second-order valence-electron chi connectivity index (χ2n) is 4.37. The lowest BCUT2D eigenvalue weighted by atomic mass is 10.2. The number of hydrogen-bond acceptors (Lipinski definition) is 3. The van der Waals surface area contributed by atoms with Crippen molar-refractivity contribution in [2.75, 3.05) is 19.4 Å². The van der Waals surface area contributed by atoms with Crippen molar-refractivity contribution in [1.29, 1.82) is 0 Å². The molecule has 0 aliphatic carbocycles. The van der Waals surface area contributed by atoms with E-state index in [-0.39, 0.29) is 18.6 Å². The number of para-hydroxylation sites is 1. The van der Waals surface area contributed by atoms with E-state index < -0.39 is 0 Å². The molecule has 0 fully saturated rings. The summed E-state index contributed by atoms with van der Waals surface area (Å²) >= 11 is 0. The number of aryl methyl sites for hydroxylation is 1. The lowest BCUT2D eigenvalue weighted by Gasteiger charge is -2.21. The molecule has 0 unspecified atom stereocenters. The SMILES string of the molecule is Cc1cccc(OCC(=O)N(C)C(C)C)c1N. The Morgan fingerprint density at radius 2 is 2.12 bits per heavy atom. The topological polar surface area (TPSA) is 55.6 Å². The lowest BCUT2D eigenvalue weighted by molar-refractivity contribution is -0.133. The Bertz CT molecular complexity index is 402. The van der Waals surface area contributed by atoms with E-state index in [1.807, 2.05) is 32.9 Å². The molecule has 0 atom stereocenters. The van der Waals surface area contributed by atoms with Gasteiger partial charge in [0.1, 0.15) is 5.75 Å². The second kappa shape index (κ2) is 5.57. The maximum atomic E-state index is 11.7. The highest BCUT2D eigenvalue weighted by molar-refractivity contribution is 5.78. The first-order valence-corrected chi connectivity index (χ1v) is 5.67. The van der Waals surface area contributed by atoms with Crippen LogP contribution in [0.1, 0.15) is 19.4 Å². The molecule has 0 radical (unpaired) electrons. The Kier molecular flexibility index (Phi) is 4.37. The smallest absolute Gasteiger partial charge is 0.260 e. The fourth-order valence-electron chi connectivity index (χ4n) is 1.31. The second-order valence-corrected chi connectivity index (χ2v) is 4.37. The molecule has 0 saturated carbocycles. The number of likely N-dealkylation sites (N-methyl/N-ethyl adjacent to an activating group) is 1. The van der Waals surface area contributed by atoms with Gasteiger partial charge in [-0.25, -0.2) is 0 Å². The van der Waals surface area contributed by atoms with E-state index in [1.54, 1.807) is 18.0 Å². The molecule has 0 aromatic heterocycles. The van der Waals surface area contributed by atoms with Crippen LogP contribution in [-0.4, -0.2) is 30.5 Å². The molecular formula is C13H20N2O2. The molecule has 4 heteroatoms. The van der Waals surface area contributed by atoms with Gasteiger partial charge in [-0.3, -0.25) is 4.79 Å². The van der Waals surface area contributed by atoms with Crippen molar-refractivity contribution in [2.45, 2.75) is 26.8 Å². The molecule has 94 valence electrons. The van der Waals surface area contributed by atoms with Gasteiger partial charge in [0.05, 0.1) is 5.69 Å². The largest absolute Gasteiger partial charge is 0.482 e. The lowest BCUT2D eigenvalue weighted by Crippen LogP contribution is -2.36. The van der Waals surface area contributed by atoms with Crippen LogP contribution in [0.25, 0.3) is 0 Å². The summed E-state index contributed by atoms with van der Waals surface area (Å²) in [6.45, 7) is 5.84. The van der Waals surface area contributed by atoms with Crippen molar-refractivity contribution in [2.24, 2.45) is 0 Å². The van der Waals surface area contributed by atoms with Crippen molar-refractivity contribution in [3.63, 3.8) is 0 Å². The third-order valence-corrected chi connectivity index (χ3v) is 2.80. The van der Waals surface area contributed by atoms with Crippen molar-refractivity contribution in [3.05, 3.63) is 23.8 Å². The number of hydrogen-bond donors (Lipinski definition) is 1. The molecule has 0 saturated heterocycles. The normalized spacial score (nSPS) is 10.4. The van der Waals surface area contributed by atoms with E-state index in [0.717, 1.165) is 5.56 Å². The van der Waals surface area contributed by atoms with Crippen molar-refractivity contribution in [1.82, 2.24) is 4.90 Å². The van der Waals surface area contributed by atoms with Crippen LogP contribution < -0.4 is 10.5 Å². The summed E-state index contributed by atoms with van der Waals surface area (Å²) in [5.74, 6) is 0.511. The van der Waals surface area contributed by atoms with E-state index in [1.165, 1.54) is 0 Å². The predicted molar refractivity (Wildman–Crippen MR) is 69.0 cm³/mol. The van der Waals surface area contributed by atoms with Crippen molar-refractivity contribution < 1.29 is 9.53 Å². The number of nitrogens with two attached hydrogens (primary N) is 1. The first kappa shape index (κ1) is 13.4. The Hall–Kier alpha value is -1.71. The van der Waals surface area contributed by atoms with Gasteiger partial charge < -0.3 is 15.4 Å². The molecular weight excluding hydrogens is 216 g/mol. The molecule has 0 spiro atoms. The molecule has 1 amide bonds. The third-order valence-electron chi connectivity index (χ3n) is 2.80. The Labute approximate surface area is 102 Å². The third kappa shape index (κ3) is 3.37. The van der Waals surface area contributed by atoms with Crippen LogP contribution in [0.15, 0.2) is 18.2 Å². The summed E-state index contributed by atoms with van der Waals surface area (Å²) in [5.41, 5.74) is 7.40. The van der Waals surface area contributed by atoms with Gasteiger partial charge in [0.25, 0.3) is 5.91 Å². The molecule has 1 aromatic rings. The van der Waals surface area contributed by atoms with Gasteiger partial charge in [0.15, 0.2) is 6.61 Å². The van der Waals surface area contributed by atoms with Gasteiger partial charge in [0.2, 0.25) is 0 Å². The van der Waals surface area contributed by atoms with Gasteiger partial charge in [-0.05, 0) is 32.4 Å². The monoisotopic (exact) mass is 236 g/mol. The zero-order valence-corrected chi connectivity index (χ0v) is 10.9. The van der Waals surface area contributed by atoms with Gasteiger partial charge in [-0.2, -0.15) is 0 Å². The van der Waals surface area contributed by atoms with E-state index >= 15 is 0 Å². The van der Waals surface area contributed by atoms with E-state index in [0.29, 0.717) is 11.4 Å². The maximum Gasteiger partial charge on any atom is 0.260 e. The highest BCUT2D eigenvalue weighted by Gasteiger charge is 2.13. The molecule has 1 rings (SSSR count). The molecule has 0 aliphatic rings. The van der Waals surface area contributed by atoms with Crippen LogP contribution in [0.4, 0.5) is 5.69 Å². The first-order chi connectivity index (χ1) is 7.93. The van der Waals surface area contributed by atoms with Crippen LogP contribution >= 0.6 is 0 Å². The van der Waals surface area contributed by atoms with Crippen LogP contribution in [0.5, 0.6) is 5.75 Å². The summed E-state index contributed by atoms with van der Waals surface area (Å²) in [4.78, 5) is 13.4. The zero-order valence-electron chi connectivity index (χ0n) is 10.9. The molecule has 17 heavy (non-hydrogen) atoms. The number of rotatable bonds is 4. The first-order valence-electron chi connectivity index (χ1n) is 5.67. The summed E-state index contributed by atoms with van der Waals surface area (Å²) in [5, 5.41) is 0. The predicted octanol–water partition coefficient (Wildman–Crippen LogP) is 1.82. The van der Waals surface area contributed by atoms with Gasteiger partial charge in [-0.15, -0.1) is 0 Å². The number of ether oxygens (including phenoxy) is 1. The average molecular weight is 236 g/mol. The van der Waals surface area contributed by atoms with Crippen LogP contribution in [-0.2, 0) is 4.79 Å². The van der Waals surface area contributed by atoms with Crippen LogP contribution in [0.3, 0.4) is 0 Å². The maximum absolute atomic E-state index is 11.7. The minimum absolute atomic E-state index is 0.0162. The number of benzene rings is 1. The number of amides is 1. The highest BCUT2D eigenvalue weighted by atomic mass is 16.5. The summed E-state index contributed by atoms with van der Waals surface area (Å²) in [6, 6.07) is 5.70. The summed E-state index contributed by atoms with van der Waals surface area (Å²) < 4.78 is 5.43. The summed E-state index contributed by atoms with van der Waals surface area (Å²) in [7, 11) is 1.76. The van der Waals surface area contributed by atoms with Crippen LogP contribution in [0.2, 0.25) is 0 Å². The Morgan fingerprint density at radius 1 is 1.47 bits per heavy atom.